The predicted octanol–water partition coefficient (Wildman–Crippen LogP) is 3.01. The van der Waals surface area contributed by atoms with Gasteiger partial charge in [-0.3, -0.25) is 4.79 Å². The number of benzene rings is 1. The molecular weight excluding hydrogens is 338 g/mol. The molecule has 4 rings (SSSR count). The molecule has 0 radical (unpaired) electrons. The van der Waals surface area contributed by atoms with Gasteiger partial charge in [-0.2, -0.15) is 0 Å². The summed E-state index contributed by atoms with van der Waals surface area (Å²) in [5.74, 6) is 0.791. The van der Waals surface area contributed by atoms with Crippen molar-refractivity contribution in [2.75, 3.05) is 5.32 Å². The molecule has 0 unspecified atom stereocenters. The van der Waals surface area contributed by atoms with Gasteiger partial charge in [-0.25, -0.2) is 0 Å². The van der Waals surface area contributed by atoms with Crippen molar-refractivity contribution in [3.05, 3.63) is 65.1 Å². The lowest BCUT2D eigenvalue weighted by Gasteiger charge is -2.13. The zero-order valence-corrected chi connectivity index (χ0v) is 14.2. The van der Waals surface area contributed by atoms with Crippen LogP contribution in [0.4, 0.5) is 5.69 Å². The van der Waals surface area contributed by atoms with Crippen LogP contribution in [0, 0.1) is 0 Å². The smallest absolute Gasteiger partial charge is 0.264 e. The Bertz CT molecular complexity index is 1070. The number of aromatic amines is 1. The highest BCUT2D eigenvalue weighted by Crippen LogP contribution is 2.34. The van der Waals surface area contributed by atoms with Crippen LogP contribution in [0.15, 0.2) is 68.3 Å². The minimum Gasteiger partial charge on any atom is -0.467 e. The van der Waals surface area contributed by atoms with Crippen molar-refractivity contribution >= 4 is 28.4 Å². The number of furan rings is 1. The molecule has 7 nitrogen and oxygen atoms in total. The number of hydrogen-bond donors (Lipinski definition) is 2. The van der Waals surface area contributed by atoms with E-state index in [9.17, 15) is 4.79 Å². The Morgan fingerprint density at radius 1 is 1.28 bits per heavy atom. The molecule has 0 saturated heterocycles. The summed E-state index contributed by atoms with van der Waals surface area (Å²) in [6, 6.07) is 11.4. The van der Waals surface area contributed by atoms with Crippen LogP contribution in [0.2, 0.25) is 0 Å². The summed E-state index contributed by atoms with van der Waals surface area (Å²) in [6.07, 6.45) is 3.23. The third kappa shape index (κ3) is 3.03. The third-order valence-electron chi connectivity index (χ3n) is 3.76. The van der Waals surface area contributed by atoms with Crippen LogP contribution in [0.5, 0.6) is 0 Å². The molecule has 4 aromatic rings. The molecule has 0 aliphatic heterocycles. The highest BCUT2D eigenvalue weighted by molar-refractivity contribution is 7.99. The van der Waals surface area contributed by atoms with Gasteiger partial charge in [-0.1, -0.05) is 18.2 Å². The molecule has 0 aliphatic carbocycles. The molecule has 8 heteroatoms. The molecule has 3 aromatic heterocycles. The van der Waals surface area contributed by atoms with Crippen LogP contribution < -0.4 is 10.9 Å². The Balaban J connectivity index is 1.81. The number of fused-ring (bicyclic) bond motifs is 1. The summed E-state index contributed by atoms with van der Waals surface area (Å²) < 4.78 is 7.15. The first-order valence-electron chi connectivity index (χ1n) is 7.65. The zero-order chi connectivity index (χ0) is 17.2. The van der Waals surface area contributed by atoms with Crippen LogP contribution in [0.3, 0.4) is 0 Å². The van der Waals surface area contributed by atoms with Gasteiger partial charge in [0.2, 0.25) is 0 Å². The van der Waals surface area contributed by atoms with Crippen LogP contribution in [0.1, 0.15) is 5.76 Å². The first-order chi connectivity index (χ1) is 12.2. The number of rotatable bonds is 5. The van der Waals surface area contributed by atoms with E-state index < -0.39 is 0 Å². The lowest BCUT2D eigenvalue weighted by molar-refractivity contribution is 0.518. The molecule has 0 fully saturated rings. The minimum atomic E-state index is -0.173. The molecule has 0 atom stereocenters. The maximum Gasteiger partial charge on any atom is 0.264 e. The second-order valence-corrected chi connectivity index (χ2v) is 6.44. The van der Waals surface area contributed by atoms with E-state index in [2.05, 4.69) is 20.5 Å². The van der Waals surface area contributed by atoms with E-state index in [4.69, 9.17) is 4.42 Å². The number of nitrogens with one attached hydrogen (secondary N) is 2. The van der Waals surface area contributed by atoms with Crippen molar-refractivity contribution in [1.82, 2.24) is 19.7 Å². The number of aromatic nitrogens is 4. The van der Waals surface area contributed by atoms with E-state index >= 15 is 0 Å². The highest BCUT2D eigenvalue weighted by Gasteiger charge is 2.16. The number of H-pyrrole nitrogens is 1. The van der Waals surface area contributed by atoms with Gasteiger partial charge in [-0.05, 0) is 30.0 Å². The number of anilines is 1. The molecule has 0 amide bonds. The molecule has 3 heterocycles. The van der Waals surface area contributed by atoms with Gasteiger partial charge in [0, 0.05) is 12.4 Å². The fourth-order valence-electron chi connectivity index (χ4n) is 2.54. The standard InChI is InChI=1S/C17H15N5O2S/c1-22-10-19-21-17(22)25-15-14(18-9-11-5-4-8-24-11)12-6-2-3-7-13(12)20-16(15)23/h2-8,10H,9H2,1H3,(H2,18,20,23). The monoisotopic (exact) mass is 353 g/mol. The maximum atomic E-state index is 12.7. The first-order valence-corrected chi connectivity index (χ1v) is 8.47. The number of para-hydroxylation sites is 1. The highest BCUT2D eigenvalue weighted by atomic mass is 32.2. The second-order valence-electron chi connectivity index (χ2n) is 5.46. The Kier molecular flexibility index (Phi) is 4.02. The molecule has 25 heavy (non-hydrogen) atoms. The summed E-state index contributed by atoms with van der Waals surface area (Å²) in [6.45, 7) is 0.479. The molecule has 2 N–H and O–H groups in total. The summed E-state index contributed by atoms with van der Waals surface area (Å²) in [7, 11) is 1.84. The Morgan fingerprint density at radius 3 is 2.92 bits per heavy atom. The fourth-order valence-corrected chi connectivity index (χ4v) is 3.43. The Morgan fingerprint density at radius 2 is 2.16 bits per heavy atom. The summed E-state index contributed by atoms with van der Waals surface area (Å²) in [4.78, 5) is 16.1. The average molecular weight is 353 g/mol. The van der Waals surface area contributed by atoms with E-state index in [0.717, 1.165) is 22.4 Å². The number of hydrogen-bond acceptors (Lipinski definition) is 6. The second kappa shape index (κ2) is 6.48. The van der Waals surface area contributed by atoms with Gasteiger partial charge in [0.25, 0.3) is 5.56 Å². The maximum absolute atomic E-state index is 12.7. The predicted molar refractivity (Wildman–Crippen MR) is 95.7 cm³/mol. The van der Waals surface area contributed by atoms with E-state index in [1.807, 2.05) is 43.4 Å². The molecule has 0 bridgehead atoms. The lowest BCUT2D eigenvalue weighted by atomic mass is 10.2. The molecule has 0 spiro atoms. The van der Waals surface area contributed by atoms with Gasteiger partial charge in [0.15, 0.2) is 5.16 Å². The quantitative estimate of drug-likeness (QED) is 0.573. The average Bonchev–Trinajstić information content (AvgIpc) is 3.27. The first kappa shape index (κ1) is 15.5. The molecule has 0 saturated carbocycles. The molecule has 126 valence electrons. The number of pyridine rings is 1. The zero-order valence-electron chi connectivity index (χ0n) is 13.4. The number of nitrogens with zero attached hydrogens (tertiary/aromatic N) is 3. The molecule has 0 aliphatic rings. The van der Waals surface area contributed by atoms with E-state index in [0.29, 0.717) is 16.6 Å². The van der Waals surface area contributed by atoms with Gasteiger partial charge in [-0.15, -0.1) is 10.2 Å². The van der Waals surface area contributed by atoms with Crippen molar-refractivity contribution in [1.29, 1.82) is 0 Å². The normalized spacial score (nSPS) is 11.1. The van der Waals surface area contributed by atoms with E-state index in [1.165, 1.54) is 11.8 Å². The Hall–Kier alpha value is -3.00. The van der Waals surface area contributed by atoms with Gasteiger partial charge in [0.05, 0.1) is 24.0 Å². The van der Waals surface area contributed by atoms with Crippen molar-refractivity contribution < 1.29 is 4.42 Å². The van der Waals surface area contributed by atoms with Crippen LogP contribution in [-0.4, -0.2) is 19.7 Å². The fraction of sp³-hybridized carbons (Fsp3) is 0.118. The van der Waals surface area contributed by atoms with Crippen molar-refractivity contribution in [2.24, 2.45) is 7.05 Å². The summed E-state index contributed by atoms with van der Waals surface area (Å²) in [5, 5.41) is 12.8. The summed E-state index contributed by atoms with van der Waals surface area (Å²) in [5.41, 5.74) is 1.36. The van der Waals surface area contributed by atoms with Gasteiger partial charge >= 0.3 is 0 Å². The lowest BCUT2D eigenvalue weighted by Crippen LogP contribution is -2.13. The van der Waals surface area contributed by atoms with Crippen molar-refractivity contribution in [2.45, 2.75) is 16.6 Å². The van der Waals surface area contributed by atoms with Crippen LogP contribution in [0.25, 0.3) is 10.9 Å². The number of aryl methyl sites for hydroxylation is 1. The summed E-state index contributed by atoms with van der Waals surface area (Å²) >= 11 is 1.28. The largest absolute Gasteiger partial charge is 0.467 e. The van der Waals surface area contributed by atoms with Gasteiger partial charge in [0.1, 0.15) is 17.0 Å². The van der Waals surface area contributed by atoms with E-state index in [1.54, 1.807) is 17.2 Å². The van der Waals surface area contributed by atoms with Crippen LogP contribution >= 0.6 is 11.8 Å². The van der Waals surface area contributed by atoms with E-state index in [-0.39, 0.29) is 5.56 Å². The van der Waals surface area contributed by atoms with Crippen molar-refractivity contribution in [3.8, 4) is 0 Å². The molecular formula is C17H15N5O2S. The van der Waals surface area contributed by atoms with Gasteiger partial charge < -0.3 is 19.3 Å². The topological polar surface area (TPSA) is 88.7 Å². The molecule has 1 aromatic carbocycles. The minimum absolute atomic E-state index is 0.173. The SMILES string of the molecule is Cn1cnnc1Sc1c(NCc2ccco2)c2ccccc2[nH]c1=O. The van der Waals surface area contributed by atoms with Crippen LogP contribution in [-0.2, 0) is 13.6 Å². The Labute approximate surface area is 147 Å². The van der Waals surface area contributed by atoms with Crippen molar-refractivity contribution in [3.63, 3.8) is 0 Å². The third-order valence-corrected chi connectivity index (χ3v) is 4.91.